The SMILES string of the molecule is O=C1CCC(C(=O)N2CCC(COc3ccc(-c4cccc(F)c4)nn3)C2)CN1. The van der Waals surface area contributed by atoms with Crippen LogP contribution >= 0.6 is 0 Å². The third-order valence-electron chi connectivity index (χ3n) is 5.44. The summed E-state index contributed by atoms with van der Waals surface area (Å²) in [5, 5.41) is 10.9. The molecular weight excluding hydrogens is 375 g/mol. The number of amides is 2. The van der Waals surface area contributed by atoms with Gasteiger partial charge in [-0.05, 0) is 31.0 Å². The van der Waals surface area contributed by atoms with Gasteiger partial charge in [-0.25, -0.2) is 4.39 Å². The molecule has 29 heavy (non-hydrogen) atoms. The molecule has 2 atom stereocenters. The number of carbonyl (C=O) groups excluding carboxylic acids is 2. The summed E-state index contributed by atoms with van der Waals surface area (Å²) in [6, 6.07) is 9.66. The number of nitrogens with one attached hydrogen (secondary N) is 1. The Bertz CT molecular complexity index is 880. The normalized spacial score (nSPS) is 21.7. The number of piperidine rings is 1. The Morgan fingerprint density at radius 1 is 1.24 bits per heavy atom. The van der Waals surface area contributed by atoms with E-state index in [0.717, 1.165) is 6.42 Å². The number of benzene rings is 1. The quantitative estimate of drug-likeness (QED) is 0.833. The summed E-state index contributed by atoms with van der Waals surface area (Å²) >= 11 is 0. The molecule has 0 bridgehead atoms. The Labute approximate surface area is 168 Å². The summed E-state index contributed by atoms with van der Waals surface area (Å²) in [5.74, 6) is 0.346. The van der Waals surface area contributed by atoms with Crippen molar-refractivity contribution in [2.24, 2.45) is 11.8 Å². The molecule has 4 rings (SSSR count). The highest BCUT2D eigenvalue weighted by molar-refractivity contribution is 5.83. The Kier molecular flexibility index (Phi) is 5.69. The largest absolute Gasteiger partial charge is 0.476 e. The van der Waals surface area contributed by atoms with Gasteiger partial charge in [0.1, 0.15) is 5.82 Å². The summed E-state index contributed by atoms with van der Waals surface area (Å²) in [5.41, 5.74) is 1.24. The standard InChI is InChI=1S/C21H23FN4O3/c22-17-3-1-2-15(10-17)18-5-7-20(25-24-18)29-13-14-8-9-26(12-14)21(28)16-4-6-19(27)23-11-16/h1-3,5,7,10,14,16H,4,6,8-9,11-13H2,(H,23,27). The van der Waals surface area contributed by atoms with E-state index < -0.39 is 0 Å². The molecule has 3 heterocycles. The second kappa shape index (κ2) is 8.55. The first kappa shape index (κ1) is 19.3. The Balaban J connectivity index is 1.26. The maximum absolute atomic E-state index is 13.3. The average molecular weight is 398 g/mol. The highest BCUT2D eigenvalue weighted by Crippen LogP contribution is 2.23. The van der Waals surface area contributed by atoms with Crippen LogP contribution in [-0.4, -0.2) is 53.2 Å². The van der Waals surface area contributed by atoms with Crippen LogP contribution in [0.25, 0.3) is 11.3 Å². The monoisotopic (exact) mass is 398 g/mol. The van der Waals surface area contributed by atoms with Crippen LogP contribution in [0.1, 0.15) is 19.3 Å². The van der Waals surface area contributed by atoms with Crippen molar-refractivity contribution in [1.29, 1.82) is 0 Å². The Morgan fingerprint density at radius 2 is 2.14 bits per heavy atom. The van der Waals surface area contributed by atoms with E-state index in [0.29, 0.717) is 56.2 Å². The molecule has 2 aliphatic heterocycles. The minimum Gasteiger partial charge on any atom is -0.476 e. The predicted octanol–water partition coefficient (Wildman–Crippen LogP) is 2.04. The van der Waals surface area contributed by atoms with Gasteiger partial charge in [-0.3, -0.25) is 9.59 Å². The molecule has 1 aromatic heterocycles. The molecular formula is C21H23FN4O3. The summed E-state index contributed by atoms with van der Waals surface area (Å²) < 4.78 is 19.1. The molecule has 0 radical (unpaired) electrons. The van der Waals surface area contributed by atoms with Gasteiger partial charge in [-0.2, -0.15) is 0 Å². The minimum atomic E-state index is -0.319. The van der Waals surface area contributed by atoms with Crippen molar-refractivity contribution in [3.63, 3.8) is 0 Å². The predicted molar refractivity (Wildman–Crippen MR) is 103 cm³/mol. The lowest BCUT2D eigenvalue weighted by atomic mass is 9.98. The molecule has 8 heteroatoms. The maximum Gasteiger partial charge on any atom is 0.233 e. The van der Waals surface area contributed by atoms with Gasteiger partial charge in [0.25, 0.3) is 0 Å². The van der Waals surface area contributed by atoms with E-state index in [9.17, 15) is 14.0 Å². The van der Waals surface area contributed by atoms with Crippen LogP contribution in [-0.2, 0) is 9.59 Å². The lowest BCUT2D eigenvalue weighted by molar-refractivity contribution is -0.136. The van der Waals surface area contributed by atoms with Crippen molar-refractivity contribution >= 4 is 11.8 Å². The van der Waals surface area contributed by atoms with Crippen molar-refractivity contribution in [2.75, 3.05) is 26.2 Å². The summed E-state index contributed by atoms with van der Waals surface area (Å²) in [6.45, 7) is 2.25. The highest BCUT2D eigenvalue weighted by atomic mass is 19.1. The number of ether oxygens (including phenoxy) is 1. The molecule has 2 unspecified atom stereocenters. The van der Waals surface area contributed by atoms with Crippen molar-refractivity contribution in [3.8, 4) is 17.1 Å². The van der Waals surface area contributed by atoms with E-state index in [-0.39, 0.29) is 29.5 Å². The number of carbonyl (C=O) groups is 2. The Hall–Kier alpha value is -3.03. The van der Waals surface area contributed by atoms with Crippen LogP contribution in [0.2, 0.25) is 0 Å². The van der Waals surface area contributed by atoms with Crippen LogP contribution in [0, 0.1) is 17.7 Å². The number of hydrogen-bond donors (Lipinski definition) is 1. The zero-order valence-electron chi connectivity index (χ0n) is 16.0. The molecule has 0 aliphatic carbocycles. The zero-order chi connectivity index (χ0) is 20.2. The van der Waals surface area contributed by atoms with E-state index in [1.54, 1.807) is 24.3 Å². The van der Waals surface area contributed by atoms with Gasteiger partial charge in [0.15, 0.2) is 0 Å². The van der Waals surface area contributed by atoms with E-state index in [4.69, 9.17) is 4.74 Å². The van der Waals surface area contributed by atoms with Crippen LogP contribution in [0.5, 0.6) is 5.88 Å². The average Bonchev–Trinajstić information content (AvgIpc) is 3.22. The first-order valence-corrected chi connectivity index (χ1v) is 9.86. The smallest absolute Gasteiger partial charge is 0.233 e. The van der Waals surface area contributed by atoms with E-state index in [1.807, 2.05) is 4.90 Å². The fourth-order valence-corrected chi connectivity index (χ4v) is 3.77. The topological polar surface area (TPSA) is 84.4 Å². The summed E-state index contributed by atoms with van der Waals surface area (Å²) in [4.78, 5) is 25.7. The number of likely N-dealkylation sites (tertiary alicyclic amines) is 1. The molecule has 1 aromatic carbocycles. The Morgan fingerprint density at radius 3 is 2.86 bits per heavy atom. The van der Waals surface area contributed by atoms with Gasteiger partial charge < -0.3 is 15.0 Å². The fraction of sp³-hybridized carbons (Fsp3) is 0.429. The molecule has 0 saturated carbocycles. The van der Waals surface area contributed by atoms with Gasteiger partial charge in [0.2, 0.25) is 17.7 Å². The van der Waals surface area contributed by atoms with Crippen LogP contribution < -0.4 is 10.1 Å². The van der Waals surface area contributed by atoms with Crippen molar-refractivity contribution in [2.45, 2.75) is 19.3 Å². The van der Waals surface area contributed by atoms with Gasteiger partial charge in [0, 0.05) is 43.6 Å². The van der Waals surface area contributed by atoms with Crippen molar-refractivity contribution < 1.29 is 18.7 Å². The minimum absolute atomic E-state index is 0.0197. The van der Waals surface area contributed by atoms with Crippen molar-refractivity contribution in [1.82, 2.24) is 20.4 Å². The fourth-order valence-electron chi connectivity index (χ4n) is 3.77. The second-order valence-electron chi connectivity index (χ2n) is 7.56. The third kappa shape index (κ3) is 4.70. The van der Waals surface area contributed by atoms with Crippen LogP contribution in [0.4, 0.5) is 4.39 Å². The number of aromatic nitrogens is 2. The zero-order valence-corrected chi connectivity index (χ0v) is 16.0. The molecule has 7 nitrogen and oxygen atoms in total. The van der Waals surface area contributed by atoms with E-state index in [1.165, 1.54) is 12.1 Å². The molecule has 0 spiro atoms. The third-order valence-corrected chi connectivity index (χ3v) is 5.44. The van der Waals surface area contributed by atoms with Crippen molar-refractivity contribution in [3.05, 3.63) is 42.2 Å². The summed E-state index contributed by atoms with van der Waals surface area (Å²) in [7, 11) is 0. The van der Waals surface area contributed by atoms with Gasteiger partial charge >= 0.3 is 0 Å². The van der Waals surface area contributed by atoms with Crippen LogP contribution in [0.15, 0.2) is 36.4 Å². The molecule has 152 valence electrons. The lowest BCUT2D eigenvalue weighted by Crippen LogP contribution is -2.44. The maximum atomic E-state index is 13.3. The number of nitrogens with zero attached hydrogens (tertiary/aromatic N) is 3. The van der Waals surface area contributed by atoms with E-state index in [2.05, 4.69) is 15.5 Å². The molecule has 2 aliphatic rings. The highest BCUT2D eigenvalue weighted by Gasteiger charge is 2.33. The molecule has 2 amide bonds. The van der Waals surface area contributed by atoms with Crippen LogP contribution in [0.3, 0.4) is 0 Å². The first-order chi connectivity index (χ1) is 14.1. The second-order valence-corrected chi connectivity index (χ2v) is 7.56. The van der Waals surface area contributed by atoms with Gasteiger partial charge in [0.05, 0.1) is 18.2 Å². The first-order valence-electron chi connectivity index (χ1n) is 9.86. The van der Waals surface area contributed by atoms with Gasteiger partial charge in [-0.1, -0.05) is 12.1 Å². The molecule has 1 N–H and O–H groups in total. The number of rotatable bonds is 5. The van der Waals surface area contributed by atoms with E-state index >= 15 is 0 Å². The summed E-state index contributed by atoms with van der Waals surface area (Å²) in [6.07, 6.45) is 1.91. The molecule has 2 saturated heterocycles. The molecule has 2 fully saturated rings. The number of halogens is 1. The lowest BCUT2D eigenvalue weighted by Gasteiger charge is -2.26. The molecule has 2 aromatic rings. The van der Waals surface area contributed by atoms with Gasteiger partial charge in [-0.15, -0.1) is 10.2 Å². The number of hydrogen-bond acceptors (Lipinski definition) is 5.